The number of rotatable bonds is 3. The number of allylic oxidation sites excluding steroid dienone is 6. The molecule has 0 spiro atoms. The predicted octanol–water partition coefficient (Wildman–Crippen LogP) is 5.21. The fourth-order valence-corrected chi connectivity index (χ4v) is 7.55. The molecule has 1 heterocycles. The zero-order valence-electron chi connectivity index (χ0n) is 21.9. The minimum atomic E-state index is -1.18. The van der Waals surface area contributed by atoms with E-state index in [-0.39, 0.29) is 57.0 Å². The quantitative estimate of drug-likeness (QED) is 0.233. The molecule has 42 heavy (non-hydrogen) atoms. The maximum atomic E-state index is 14.0. The molecule has 4 aliphatic rings. The fourth-order valence-electron chi connectivity index (χ4n) is 7.10. The van der Waals surface area contributed by atoms with E-state index in [0.29, 0.717) is 10.9 Å². The molecule has 9 heteroatoms. The number of amides is 2. The Bertz CT molecular complexity index is 1900. The van der Waals surface area contributed by atoms with Gasteiger partial charge < -0.3 is 10.2 Å². The van der Waals surface area contributed by atoms with Gasteiger partial charge in [-0.15, -0.1) is 0 Å². The van der Waals surface area contributed by atoms with Crippen molar-refractivity contribution in [2.24, 2.45) is 17.8 Å². The van der Waals surface area contributed by atoms with Gasteiger partial charge >= 0.3 is 5.97 Å². The molecule has 0 radical (unpaired) electrons. The number of halogens is 1. The lowest BCUT2D eigenvalue weighted by Gasteiger charge is -2.42. The summed E-state index contributed by atoms with van der Waals surface area (Å²) in [5.41, 5.74) is 1.83. The van der Waals surface area contributed by atoms with Crippen LogP contribution in [0.4, 0.5) is 5.69 Å². The summed E-state index contributed by atoms with van der Waals surface area (Å²) in [5.74, 6) is -5.71. The van der Waals surface area contributed by atoms with Crippen LogP contribution < -0.4 is 4.90 Å². The van der Waals surface area contributed by atoms with E-state index in [0.717, 1.165) is 15.9 Å². The van der Waals surface area contributed by atoms with E-state index in [1.165, 1.54) is 30.3 Å². The molecule has 1 aliphatic heterocycles. The van der Waals surface area contributed by atoms with E-state index in [9.17, 15) is 34.2 Å². The van der Waals surface area contributed by atoms with Crippen molar-refractivity contribution in [2.75, 3.05) is 4.90 Å². The monoisotopic (exact) mass is 623 g/mol. The molecule has 2 amide bonds. The third-order valence-electron chi connectivity index (χ3n) is 8.93. The largest absolute Gasteiger partial charge is 0.507 e. The van der Waals surface area contributed by atoms with E-state index in [1.54, 1.807) is 18.2 Å². The Morgan fingerprint density at radius 1 is 0.929 bits per heavy atom. The summed E-state index contributed by atoms with van der Waals surface area (Å²) in [6.45, 7) is 0. The van der Waals surface area contributed by atoms with Gasteiger partial charge in [-0.3, -0.25) is 24.1 Å². The van der Waals surface area contributed by atoms with Crippen LogP contribution in [-0.4, -0.2) is 39.6 Å². The molecule has 3 aromatic rings. The van der Waals surface area contributed by atoms with E-state index in [4.69, 9.17) is 0 Å². The number of aromatic carboxylic acids is 1. The standard InChI is InChI=1S/C33H22BrNO7/c34-24-14-25(36)28-23(30(24)38)13-22-19(26(28)20-9-8-15-4-1-2-7-18(15)29(20)37)10-11-21-27(22)32(40)35(31(21)39)17-6-3-5-16(12-17)33(41)42/h1-10,12,14,21-22,26-27,37H,11,13H2,(H,41,42)/t21-,22+,26+,27-/m0/s1. The number of carbonyl (C=O) groups is 5. The van der Waals surface area contributed by atoms with Crippen LogP contribution in [0.2, 0.25) is 0 Å². The summed E-state index contributed by atoms with van der Waals surface area (Å²) in [5, 5.41) is 22.3. The third-order valence-corrected chi connectivity index (χ3v) is 9.51. The van der Waals surface area contributed by atoms with Crippen molar-refractivity contribution in [1.29, 1.82) is 0 Å². The summed E-state index contributed by atoms with van der Waals surface area (Å²) < 4.78 is 0.119. The summed E-state index contributed by atoms with van der Waals surface area (Å²) in [6.07, 6.45) is 3.44. The number of anilines is 1. The van der Waals surface area contributed by atoms with Gasteiger partial charge in [0.05, 0.1) is 27.6 Å². The first-order valence-corrected chi connectivity index (χ1v) is 14.3. The zero-order valence-corrected chi connectivity index (χ0v) is 23.5. The molecular formula is C33H22BrNO7. The molecular weight excluding hydrogens is 602 g/mol. The van der Waals surface area contributed by atoms with Crippen molar-refractivity contribution in [3.63, 3.8) is 0 Å². The van der Waals surface area contributed by atoms with Gasteiger partial charge in [0.15, 0.2) is 11.6 Å². The van der Waals surface area contributed by atoms with Crippen molar-refractivity contribution in [1.82, 2.24) is 0 Å². The lowest BCUT2D eigenvalue weighted by Crippen LogP contribution is -2.39. The Labute approximate surface area is 247 Å². The van der Waals surface area contributed by atoms with Gasteiger partial charge in [0.1, 0.15) is 5.75 Å². The van der Waals surface area contributed by atoms with Crippen LogP contribution in [0, 0.1) is 17.8 Å². The number of nitrogens with zero attached hydrogens (tertiary/aromatic N) is 1. The molecule has 1 fully saturated rings. The molecule has 2 N–H and O–H groups in total. The highest BCUT2D eigenvalue weighted by Crippen LogP contribution is 2.57. The van der Waals surface area contributed by atoms with Gasteiger partial charge in [0.2, 0.25) is 11.8 Å². The molecule has 0 aromatic heterocycles. The lowest BCUT2D eigenvalue weighted by atomic mass is 9.59. The highest BCUT2D eigenvalue weighted by molar-refractivity contribution is 9.12. The van der Waals surface area contributed by atoms with E-state index in [2.05, 4.69) is 15.9 Å². The molecule has 0 saturated carbocycles. The first-order chi connectivity index (χ1) is 20.2. The van der Waals surface area contributed by atoms with Gasteiger partial charge in [-0.1, -0.05) is 54.1 Å². The van der Waals surface area contributed by atoms with Gasteiger partial charge in [-0.25, -0.2) is 4.79 Å². The minimum Gasteiger partial charge on any atom is -0.507 e. The summed E-state index contributed by atoms with van der Waals surface area (Å²) in [7, 11) is 0. The van der Waals surface area contributed by atoms with Crippen LogP contribution >= 0.6 is 15.9 Å². The summed E-state index contributed by atoms with van der Waals surface area (Å²) in [4.78, 5) is 67.2. The SMILES string of the molecule is O=C1C=C(Br)C(=O)C2=C1[C@@H](c1ccc3ccccc3c1O)C1=CC[C@@H]3C(=O)N(c4cccc(C(=O)O)c4)C(=O)[C@@H]3[C@@H]1C2. The number of phenols is 1. The number of carboxylic acids is 1. The zero-order chi connectivity index (χ0) is 29.4. The third kappa shape index (κ3) is 3.69. The Hall–Kier alpha value is -4.63. The molecule has 3 aliphatic carbocycles. The van der Waals surface area contributed by atoms with Crippen LogP contribution in [-0.2, 0) is 19.2 Å². The fraction of sp³-hybridized carbons (Fsp3) is 0.182. The first-order valence-electron chi connectivity index (χ1n) is 13.5. The second-order valence-electron chi connectivity index (χ2n) is 11.0. The number of phenolic OH excluding ortho intramolecular Hbond substituents is 1. The van der Waals surface area contributed by atoms with E-state index >= 15 is 0 Å². The number of imide groups is 1. The minimum absolute atomic E-state index is 0.0107. The number of carboxylic acid groups (broad SMARTS) is 1. The Morgan fingerprint density at radius 2 is 1.71 bits per heavy atom. The molecule has 0 unspecified atom stereocenters. The maximum Gasteiger partial charge on any atom is 0.335 e. The number of hydrogen-bond acceptors (Lipinski definition) is 6. The number of hydrogen-bond donors (Lipinski definition) is 2. The average molecular weight is 624 g/mol. The second-order valence-corrected chi connectivity index (χ2v) is 11.8. The molecule has 7 rings (SSSR count). The van der Waals surface area contributed by atoms with Gasteiger partial charge in [0, 0.05) is 34.1 Å². The molecule has 1 saturated heterocycles. The number of fused-ring (bicyclic) bond motifs is 4. The molecule has 3 aromatic carbocycles. The highest BCUT2D eigenvalue weighted by Gasteiger charge is 2.57. The Balaban J connectivity index is 1.38. The first kappa shape index (κ1) is 26.3. The predicted molar refractivity (Wildman–Crippen MR) is 156 cm³/mol. The van der Waals surface area contributed by atoms with Crippen molar-refractivity contribution >= 4 is 61.7 Å². The molecule has 8 nitrogen and oxygen atoms in total. The van der Waals surface area contributed by atoms with E-state index < -0.39 is 41.5 Å². The summed E-state index contributed by atoms with van der Waals surface area (Å²) >= 11 is 3.22. The Kier molecular flexibility index (Phi) is 5.92. The maximum absolute atomic E-state index is 14.0. The topological polar surface area (TPSA) is 129 Å². The number of aromatic hydroxyl groups is 1. The number of benzene rings is 3. The average Bonchev–Trinajstić information content (AvgIpc) is 3.25. The van der Waals surface area contributed by atoms with Crippen molar-refractivity contribution in [2.45, 2.75) is 18.8 Å². The smallest absolute Gasteiger partial charge is 0.335 e. The van der Waals surface area contributed by atoms with Crippen molar-refractivity contribution < 1.29 is 34.2 Å². The number of ketones is 2. The van der Waals surface area contributed by atoms with Crippen molar-refractivity contribution in [3.05, 3.63) is 105 Å². The van der Waals surface area contributed by atoms with Crippen molar-refractivity contribution in [3.8, 4) is 5.75 Å². The van der Waals surface area contributed by atoms with Gasteiger partial charge in [-0.2, -0.15) is 0 Å². The van der Waals surface area contributed by atoms with Crippen LogP contribution in [0.5, 0.6) is 5.75 Å². The molecule has 0 bridgehead atoms. The van der Waals surface area contributed by atoms with Gasteiger partial charge in [0.25, 0.3) is 0 Å². The molecule has 208 valence electrons. The molecule has 4 atom stereocenters. The van der Waals surface area contributed by atoms with Gasteiger partial charge in [-0.05, 0) is 58.3 Å². The lowest BCUT2D eigenvalue weighted by molar-refractivity contribution is -0.123. The number of Topliss-reactive ketones (excluding diaryl/α,β-unsaturated/α-hetero) is 1. The normalized spacial score (nSPS) is 25.2. The van der Waals surface area contributed by atoms with Crippen LogP contribution in [0.1, 0.15) is 34.7 Å². The highest BCUT2D eigenvalue weighted by atomic mass is 79.9. The number of carbonyl (C=O) groups excluding carboxylic acids is 4. The second kappa shape index (κ2) is 9.46. The van der Waals surface area contributed by atoms with Crippen LogP contribution in [0.3, 0.4) is 0 Å². The summed E-state index contributed by atoms with van der Waals surface area (Å²) in [6, 6.07) is 16.6. The van der Waals surface area contributed by atoms with Crippen LogP contribution in [0.25, 0.3) is 10.8 Å². The van der Waals surface area contributed by atoms with Crippen LogP contribution in [0.15, 0.2) is 94.0 Å². The van der Waals surface area contributed by atoms with E-state index in [1.807, 2.05) is 24.3 Å². The Morgan fingerprint density at radius 3 is 2.50 bits per heavy atom.